The van der Waals surface area contributed by atoms with E-state index in [0.29, 0.717) is 19.6 Å². The van der Waals surface area contributed by atoms with Crippen molar-refractivity contribution < 1.29 is 4.79 Å². The number of carbonyl (C=O) groups is 1. The molecule has 0 bridgehead atoms. The van der Waals surface area contributed by atoms with Gasteiger partial charge in [0.05, 0.1) is 12.0 Å². The maximum atomic E-state index is 11.6. The highest BCUT2D eigenvalue weighted by molar-refractivity contribution is 5.81. The summed E-state index contributed by atoms with van der Waals surface area (Å²) in [5.41, 5.74) is 5.00. The van der Waals surface area contributed by atoms with Crippen LogP contribution in [0.15, 0.2) is 18.5 Å². The Hall–Kier alpha value is -1.36. The van der Waals surface area contributed by atoms with Crippen LogP contribution in [0.5, 0.6) is 0 Å². The van der Waals surface area contributed by atoms with E-state index in [2.05, 4.69) is 10.4 Å². The minimum atomic E-state index is -0.496. The van der Waals surface area contributed by atoms with E-state index in [4.69, 9.17) is 5.73 Å². The van der Waals surface area contributed by atoms with Crippen LogP contribution >= 0.6 is 0 Å². The van der Waals surface area contributed by atoms with Crippen LogP contribution in [0.3, 0.4) is 0 Å². The topological polar surface area (TPSA) is 72.9 Å². The molecule has 0 aliphatic rings. The van der Waals surface area contributed by atoms with Crippen LogP contribution in [-0.4, -0.2) is 28.8 Å². The van der Waals surface area contributed by atoms with Crippen molar-refractivity contribution in [2.75, 3.05) is 13.1 Å². The van der Waals surface area contributed by atoms with Crippen LogP contribution in [0.4, 0.5) is 0 Å². The third-order valence-electron chi connectivity index (χ3n) is 2.31. The van der Waals surface area contributed by atoms with Gasteiger partial charge in [0, 0.05) is 25.5 Å². The van der Waals surface area contributed by atoms with Gasteiger partial charge in [-0.25, -0.2) is 0 Å². The molecular weight excluding hydrogens is 192 g/mol. The van der Waals surface area contributed by atoms with E-state index in [0.717, 1.165) is 0 Å². The van der Waals surface area contributed by atoms with Crippen LogP contribution in [-0.2, 0) is 11.3 Å². The summed E-state index contributed by atoms with van der Waals surface area (Å²) >= 11 is 0. The van der Waals surface area contributed by atoms with E-state index in [1.807, 2.05) is 26.1 Å². The van der Waals surface area contributed by atoms with E-state index in [9.17, 15) is 4.79 Å². The first-order valence-corrected chi connectivity index (χ1v) is 5.02. The SMILES string of the molecule is CC(C)(CN)C(=O)NCCn1cccn1. The van der Waals surface area contributed by atoms with Crippen LogP contribution in [0.1, 0.15) is 13.8 Å². The summed E-state index contributed by atoms with van der Waals surface area (Å²) in [5.74, 6) is -0.0165. The van der Waals surface area contributed by atoms with Gasteiger partial charge in [-0.1, -0.05) is 0 Å². The molecule has 3 N–H and O–H groups in total. The van der Waals surface area contributed by atoms with Gasteiger partial charge < -0.3 is 11.1 Å². The first-order valence-electron chi connectivity index (χ1n) is 5.02. The van der Waals surface area contributed by atoms with Crippen LogP contribution in [0.25, 0.3) is 0 Å². The molecule has 0 aliphatic heterocycles. The van der Waals surface area contributed by atoms with Crippen molar-refractivity contribution in [1.29, 1.82) is 0 Å². The number of hydrogen-bond donors (Lipinski definition) is 2. The molecule has 84 valence electrons. The van der Waals surface area contributed by atoms with Crippen LogP contribution in [0, 0.1) is 5.41 Å². The molecule has 0 spiro atoms. The number of aromatic nitrogens is 2. The summed E-state index contributed by atoms with van der Waals surface area (Å²) in [4.78, 5) is 11.6. The zero-order valence-corrected chi connectivity index (χ0v) is 9.23. The third-order valence-corrected chi connectivity index (χ3v) is 2.31. The lowest BCUT2D eigenvalue weighted by Crippen LogP contribution is -2.42. The number of rotatable bonds is 5. The van der Waals surface area contributed by atoms with Gasteiger partial charge in [-0.3, -0.25) is 9.48 Å². The molecule has 0 saturated carbocycles. The molecule has 1 heterocycles. The summed E-state index contributed by atoms with van der Waals surface area (Å²) in [5, 5.41) is 6.87. The zero-order valence-electron chi connectivity index (χ0n) is 9.23. The molecule has 0 aromatic carbocycles. The Balaban J connectivity index is 2.29. The van der Waals surface area contributed by atoms with Crippen LogP contribution in [0.2, 0.25) is 0 Å². The zero-order chi connectivity index (χ0) is 11.3. The van der Waals surface area contributed by atoms with Gasteiger partial charge in [0.1, 0.15) is 0 Å². The van der Waals surface area contributed by atoms with Gasteiger partial charge >= 0.3 is 0 Å². The van der Waals surface area contributed by atoms with Gasteiger partial charge in [-0.2, -0.15) is 5.10 Å². The molecule has 1 aromatic heterocycles. The van der Waals surface area contributed by atoms with E-state index in [1.54, 1.807) is 10.9 Å². The molecule has 0 aliphatic carbocycles. The largest absolute Gasteiger partial charge is 0.354 e. The fourth-order valence-corrected chi connectivity index (χ4v) is 1.05. The molecule has 0 saturated heterocycles. The first kappa shape index (κ1) is 11.7. The lowest BCUT2D eigenvalue weighted by atomic mass is 9.93. The minimum Gasteiger partial charge on any atom is -0.354 e. The maximum Gasteiger partial charge on any atom is 0.226 e. The summed E-state index contributed by atoms with van der Waals surface area (Å²) in [6.45, 7) is 5.26. The quantitative estimate of drug-likeness (QED) is 0.717. The minimum absolute atomic E-state index is 0.0165. The first-order chi connectivity index (χ1) is 7.06. The predicted octanol–water partition coefficient (Wildman–Crippen LogP) is -0.0158. The molecule has 1 rings (SSSR count). The van der Waals surface area contributed by atoms with Crippen molar-refractivity contribution >= 4 is 5.91 Å². The van der Waals surface area contributed by atoms with Gasteiger partial charge in [-0.15, -0.1) is 0 Å². The highest BCUT2D eigenvalue weighted by Gasteiger charge is 2.24. The number of nitrogens with zero attached hydrogens (tertiary/aromatic N) is 2. The second-order valence-electron chi connectivity index (χ2n) is 4.11. The molecule has 1 amide bonds. The Labute approximate surface area is 89.6 Å². The van der Waals surface area contributed by atoms with Gasteiger partial charge in [0.15, 0.2) is 0 Å². The summed E-state index contributed by atoms with van der Waals surface area (Å²) < 4.78 is 1.77. The third kappa shape index (κ3) is 3.36. The predicted molar refractivity (Wildman–Crippen MR) is 58.1 cm³/mol. The average molecular weight is 210 g/mol. The van der Waals surface area contributed by atoms with Crippen molar-refractivity contribution in [3.8, 4) is 0 Å². The van der Waals surface area contributed by atoms with Crippen molar-refractivity contribution in [2.24, 2.45) is 11.1 Å². The maximum absolute atomic E-state index is 11.6. The van der Waals surface area contributed by atoms with E-state index in [-0.39, 0.29) is 5.91 Å². The molecule has 15 heavy (non-hydrogen) atoms. The van der Waals surface area contributed by atoms with Crippen LogP contribution < -0.4 is 11.1 Å². The fraction of sp³-hybridized carbons (Fsp3) is 0.600. The molecule has 0 fully saturated rings. The van der Waals surface area contributed by atoms with E-state index < -0.39 is 5.41 Å². The summed E-state index contributed by atoms with van der Waals surface area (Å²) in [6.07, 6.45) is 3.58. The Bertz CT molecular complexity index is 305. The van der Waals surface area contributed by atoms with Crippen molar-refractivity contribution in [3.05, 3.63) is 18.5 Å². The number of hydrogen-bond acceptors (Lipinski definition) is 3. The average Bonchev–Trinajstić information content (AvgIpc) is 2.70. The van der Waals surface area contributed by atoms with E-state index in [1.165, 1.54) is 0 Å². The molecule has 0 atom stereocenters. The molecule has 0 unspecified atom stereocenters. The number of nitrogens with two attached hydrogens (primary N) is 1. The Morgan fingerprint density at radius 1 is 1.60 bits per heavy atom. The van der Waals surface area contributed by atoms with Gasteiger partial charge in [0.25, 0.3) is 0 Å². The summed E-state index contributed by atoms with van der Waals surface area (Å²) in [6, 6.07) is 1.85. The standard InChI is InChI=1S/C10H18N4O/c1-10(2,8-11)9(15)12-5-7-14-6-3-4-13-14/h3-4,6H,5,7-8,11H2,1-2H3,(H,12,15). The van der Waals surface area contributed by atoms with Crippen molar-refractivity contribution in [2.45, 2.75) is 20.4 Å². The Morgan fingerprint density at radius 2 is 2.33 bits per heavy atom. The fourth-order valence-electron chi connectivity index (χ4n) is 1.05. The Kier molecular flexibility index (Phi) is 3.85. The second kappa shape index (κ2) is 4.93. The smallest absolute Gasteiger partial charge is 0.226 e. The summed E-state index contributed by atoms with van der Waals surface area (Å²) in [7, 11) is 0. The molecule has 1 aromatic rings. The normalized spacial score (nSPS) is 11.4. The lowest BCUT2D eigenvalue weighted by Gasteiger charge is -2.21. The molecule has 5 heteroatoms. The molecule has 0 radical (unpaired) electrons. The molecular formula is C10H18N4O. The Morgan fingerprint density at radius 3 is 2.87 bits per heavy atom. The van der Waals surface area contributed by atoms with E-state index >= 15 is 0 Å². The van der Waals surface area contributed by atoms with Crippen molar-refractivity contribution in [1.82, 2.24) is 15.1 Å². The highest BCUT2D eigenvalue weighted by Crippen LogP contribution is 2.11. The van der Waals surface area contributed by atoms with Crippen molar-refractivity contribution in [3.63, 3.8) is 0 Å². The highest BCUT2D eigenvalue weighted by atomic mass is 16.2. The van der Waals surface area contributed by atoms with Gasteiger partial charge in [0.2, 0.25) is 5.91 Å². The van der Waals surface area contributed by atoms with Gasteiger partial charge in [-0.05, 0) is 19.9 Å². The molecule has 5 nitrogen and oxygen atoms in total. The number of nitrogens with one attached hydrogen (secondary N) is 1. The number of carbonyl (C=O) groups excluding carboxylic acids is 1. The lowest BCUT2D eigenvalue weighted by molar-refractivity contribution is -0.128. The number of amides is 1. The monoisotopic (exact) mass is 210 g/mol. The second-order valence-corrected chi connectivity index (χ2v) is 4.11.